The first-order valence-corrected chi connectivity index (χ1v) is 9.81. The van der Waals surface area contributed by atoms with Crippen LogP contribution >= 0.6 is 0 Å². The summed E-state index contributed by atoms with van der Waals surface area (Å²) in [5, 5.41) is 3.38. The zero-order valence-corrected chi connectivity index (χ0v) is 16.8. The first-order valence-electron chi connectivity index (χ1n) is 9.81. The molecule has 0 aliphatic heterocycles. The molecule has 1 heterocycles. The minimum Gasteiger partial charge on any atom is -0.449 e. The summed E-state index contributed by atoms with van der Waals surface area (Å²) in [6.07, 6.45) is -1.06. The van der Waals surface area contributed by atoms with Gasteiger partial charge in [0.15, 0.2) is 6.10 Å². The van der Waals surface area contributed by atoms with Crippen LogP contribution in [-0.4, -0.2) is 23.0 Å². The lowest BCUT2D eigenvalue weighted by atomic mass is 10.0. The maximum Gasteiger partial charge on any atom is 0.339 e. The van der Waals surface area contributed by atoms with Gasteiger partial charge >= 0.3 is 5.97 Å². The number of para-hydroxylation sites is 2. The van der Waals surface area contributed by atoms with E-state index in [1.54, 1.807) is 30.3 Å². The molecule has 0 saturated carbocycles. The molecule has 4 rings (SSSR count). The number of anilines is 1. The van der Waals surface area contributed by atoms with E-state index in [-0.39, 0.29) is 5.56 Å². The van der Waals surface area contributed by atoms with E-state index in [9.17, 15) is 14.4 Å². The van der Waals surface area contributed by atoms with Crippen molar-refractivity contribution in [1.82, 2.24) is 4.98 Å². The van der Waals surface area contributed by atoms with E-state index in [2.05, 4.69) is 10.3 Å². The monoisotopic (exact) mass is 412 g/mol. The molecular formula is C25H20N2O4. The number of ether oxygens (including phenoxy) is 1. The van der Waals surface area contributed by atoms with Gasteiger partial charge in [-0.3, -0.25) is 9.59 Å². The quantitative estimate of drug-likeness (QED) is 0.476. The number of esters is 1. The molecular weight excluding hydrogens is 392 g/mol. The van der Waals surface area contributed by atoms with E-state index < -0.39 is 23.5 Å². The summed E-state index contributed by atoms with van der Waals surface area (Å²) >= 11 is 0. The van der Waals surface area contributed by atoms with Gasteiger partial charge in [0.05, 0.1) is 5.56 Å². The molecule has 1 atom stereocenters. The maximum atomic E-state index is 12.7. The number of aromatic nitrogens is 1. The third-order valence-corrected chi connectivity index (χ3v) is 4.89. The molecule has 2 N–H and O–H groups in total. The molecule has 0 radical (unpaired) electrons. The van der Waals surface area contributed by atoms with Crippen LogP contribution in [-0.2, 0) is 9.53 Å². The molecule has 154 valence electrons. The Balaban J connectivity index is 1.53. The molecule has 0 fully saturated rings. The first-order chi connectivity index (χ1) is 15.0. The van der Waals surface area contributed by atoms with Gasteiger partial charge in [-0.25, -0.2) is 4.79 Å². The molecule has 6 heteroatoms. The lowest BCUT2D eigenvalue weighted by Crippen LogP contribution is -2.30. The molecule has 0 unspecified atom stereocenters. The third-order valence-electron chi connectivity index (χ3n) is 4.89. The Kier molecular flexibility index (Phi) is 5.62. The first kappa shape index (κ1) is 20.1. The second kappa shape index (κ2) is 8.67. The van der Waals surface area contributed by atoms with Crippen molar-refractivity contribution in [3.63, 3.8) is 0 Å². The van der Waals surface area contributed by atoms with E-state index in [1.165, 1.54) is 13.0 Å². The number of amides is 1. The van der Waals surface area contributed by atoms with E-state index in [4.69, 9.17) is 4.74 Å². The van der Waals surface area contributed by atoms with Crippen LogP contribution in [0.1, 0.15) is 17.3 Å². The number of nitrogens with one attached hydrogen (secondary N) is 2. The predicted molar refractivity (Wildman–Crippen MR) is 120 cm³/mol. The van der Waals surface area contributed by atoms with Gasteiger partial charge in [0.2, 0.25) is 5.56 Å². The van der Waals surface area contributed by atoms with Crippen LogP contribution in [0.2, 0.25) is 0 Å². The van der Waals surface area contributed by atoms with Crippen molar-refractivity contribution in [2.45, 2.75) is 13.0 Å². The number of hydrogen-bond acceptors (Lipinski definition) is 4. The van der Waals surface area contributed by atoms with E-state index in [0.717, 1.165) is 11.1 Å². The van der Waals surface area contributed by atoms with Gasteiger partial charge < -0.3 is 15.0 Å². The molecule has 1 aromatic heterocycles. The van der Waals surface area contributed by atoms with Gasteiger partial charge in [-0.2, -0.15) is 0 Å². The highest BCUT2D eigenvalue weighted by atomic mass is 16.5. The lowest BCUT2D eigenvalue weighted by molar-refractivity contribution is -0.123. The topological polar surface area (TPSA) is 88.3 Å². The average molecular weight is 412 g/mol. The molecule has 31 heavy (non-hydrogen) atoms. The minimum absolute atomic E-state index is 0.115. The van der Waals surface area contributed by atoms with Crippen LogP contribution in [0.4, 0.5) is 5.69 Å². The fourth-order valence-electron chi connectivity index (χ4n) is 3.35. The number of benzene rings is 3. The molecule has 6 nitrogen and oxygen atoms in total. The molecule has 0 saturated heterocycles. The van der Waals surface area contributed by atoms with Crippen LogP contribution < -0.4 is 10.9 Å². The summed E-state index contributed by atoms with van der Waals surface area (Å²) in [6, 6.07) is 25.2. The number of aromatic amines is 1. The van der Waals surface area contributed by atoms with Crippen molar-refractivity contribution >= 4 is 28.5 Å². The highest BCUT2D eigenvalue weighted by Crippen LogP contribution is 2.27. The highest BCUT2D eigenvalue weighted by Gasteiger charge is 2.22. The summed E-state index contributed by atoms with van der Waals surface area (Å²) in [5.74, 6) is -1.20. The molecule has 1 amide bonds. The third kappa shape index (κ3) is 4.38. The summed E-state index contributed by atoms with van der Waals surface area (Å²) in [5.41, 5.74) is 2.65. The van der Waals surface area contributed by atoms with Crippen LogP contribution in [0.15, 0.2) is 89.7 Å². The zero-order valence-electron chi connectivity index (χ0n) is 16.8. The lowest BCUT2D eigenvalue weighted by Gasteiger charge is -2.16. The molecule has 0 aliphatic carbocycles. The molecule has 0 aliphatic rings. The van der Waals surface area contributed by atoms with Gasteiger partial charge in [-0.1, -0.05) is 66.7 Å². The Morgan fingerprint density at radius 2 is 1.58 bits per heavy atom. The number of carbonyl (C=O) groups excluding carboxylic acids is 2. The SMILES string of the molecule is C[C@H](OC(=O)c1cc(=O)[nH]c2ccccc12)C(=O)Nc1ccccc1-c1ccccc1. The Morgan fingerprint density at radius 3 is 2.39 bits per heavy atom. The van der Waals surface area contributed by atoms with Crippen LogP contribution in [0.5, 0.6) is 0 Å². The van der Waals surface area contributed by atoms with Gasteiger partial charge in [-0.15, -0.1) is 0 Å². The summed E-state index contributed by atoms with van der Waals surface area (Å²) in [7, 11) is 0. The molecule has 0 spiro atoms. The fraction of sp³-hybridized carbons (Fsp3) is 0.0800. The van der Waals surface area contributed by atoms with Gasteiger partial charge in [-0.05, 0) is 24.6 Å². The van der Waals surface area contributed by atoms with Gasteiger partial charge in [0.1, 0.15) is 0 Å². The molecule has 4 aromatic rings. The smallest absolute Gasteiger partial charge is 0.339 e. The minimum atomic E-state index is -1.06. The Bertz CT molecular complexity index is 1310. The second-order valence-corrected chi connectivity index (χ2v) is 7.04. The standard InChI is InChI=1S/C25H20N2O4/c1-16(31-25(30)20-15-23(28)26-22-14-8-6-12-19(20)22)24(29)27-21-13-7-5-11-18(21)17-9-3-2-4-10-17/h2-16H,1H3,(H,26,28)(H,27,29)/t16-/m0/s1. The highest BCUT2D eigenvalue weighted by molar-refractivity contribution is 6.05. The Labute approximate surface area is 178 Å². The number of pyridine rings is 1. The number of carbonyl (C=O) groups is 2. The largest absolute Gasteiger partial charge is 0.449 e. The average Bonchev–Trinajstić information content (AvgIpc) is 2.79. The summed E-state index contributed by atoms with van der Waals surface area (Å²) < 4.78 is 5.38. The van der Waals surface area contributed by atoms with Crippen molar-refractivity contribution < 1.29 is 14.3 Å². The van der Waals surface area contributed by atoms with E-state index in [1.807, 2.05) is 48.5 Å². The van der Waals surface area contributed by atoms with Crippen molar-refractivity contribution in [2.75, 3.05) is 5.32 Å². The van der Waals surface area contributed by atoms with Crippen LogP contribution in [0.3, 0.4) is 0 Å². The second-order valence-electron chi connectivity index (χ2n) is 7.04. The number of H-pyrrole nitrogens is 1. The fourth-order valence-corrected chi connectivity index (χ4v) is 3.35. The van der Waals surface area contributed by atoms with Crippen molar-refractivity contribution in [3.05, 3.63) is 101 Å². The number of fused-ring (bicyclic) bond motifs is 1. The number of rotatable bonds is 5. The summed E-state index contributed by atoms with van der Waals surface area (Å²) in [4.78, 5) is 40.0. The maximum absolute atomic E-state index is 12.7. The van der Waals surface area contributed by atoms with Gasteiger partial charge in [0, 0.05) is 28.2 Å². The predicted octanol–water partition coefficient (Wildman–Crippen LogP) is 4.38. The molecule has 0 bridgehead atoms. The van der Waals surface area contributed by atoms with Crippen molar-refractivity contribution in [2.24, 2.45) is 0 Å². The zero-order chi connectivity index (χ0) is 21.8. The van der Waals surface area contributed by atoms with Crippen molar-refractivity contribution in [3.8, 4) is 11.1 Å². The summed E-state index contributed by atoms with van der Waals surface area (Å²) in [6.45, 7) is 1.49. The van der Waals surface area contributed by atoms with Crippen LogP contribution in [0.25, 0.3) is 22.0 Å². The molecule has 3 aromatic carbocycles. The van der Waals surface area contributed by atoms with Crippen molar-refractivity contribution in [1.29, 1.82) is 0 Å². The van der Waals surface area contributed by atoms with E-state index in [0.29, 0.717) is 16.6 Å². The van der Waals surface area contributed by atoms with Crippen LogP contribution in [0, 0.1) is 0 Å². The van der Waals surface area contributed by atoms with Gasteiger partial charge in [0.25, 0.3) is 5.91 Å². The van der Waals surface area contributed by atoms with E-state index >= 15 is 0 Å². The number of hydrogen-bond donors (Lipinski definition) is 2. The Morgan fingerprint density at radius 1 is 0.903 bits per heavy atom. The Hall–Kier alpha value is -4.19. The normalized spacial score (nSPS) is 11.6.